The summed E-state index contributed by atoms with van der Waals surface area (Å²) in [6, 6.07) is 0. The van der Waals surface area contributed by atoms with Gasteiger partial charge in [-0.15, -0.1) is 0 Å². The molecule has 0 saturated carbocycles. The Labute approximate surface area is 98.1 Å². The molecule has 0 amide bonds. The van der Waals surface area contributed by atoms with Crippen molar-refractivity contribution in [2.75, 3.05) is 26.7 Å². The van der Waals surface area contributed by atoms with Gasteiger partial charge in [0.2, 0.25) is 0 Å². The van der Waals surface area contributed by atoms with Crippen LogP contribution in [0, 0.1) is 11.8 Å². The Hall–Kier alpha value is -0.610. The van der Waals surface area contributed by atoms with E-state index in [0.717, 1.165) is 13.1 Å². The van der Waals surface area contributed by atoms with Crippen LogP contribution in [0.5, 0.6) is 0 Å². The predicted octanol–water partition coefficient (Wildman–Crippen LogP) is 0.855. The van der Waals surface area contributed by atoms with Crippen LogP contribution in [0.3, 0.4) is 0 Å². The molecule has 0 aromatic carbocycles. The molecule has 1 aliphatic rings. The van der Waals surface area contributed by atoms with E-state index in [0.29, 0.717) is 18.4 Å². The van der Waals surface area contributed by atoms with Gasteiger partial charge in [-0.05, 0) is 25.2 Å². The molecular weight excluding hydrogens is 204 g/mol. The second kappa shape index (κ2) is 5.15. The third-order valence-corrected chi connectivity index (χ3v) is 3.15. The Morgan fingerprint density at radius 2 is 1.94 bits per heavy atom. The van der Waals surface area contributed by atoms with Crippen molar-refractivity contribution in [1.29, 1.82) is 0 Å². The number of carbonyl (C=O) groups is 1. The molecule has 4 heteroatoms. The summed E-state index contributed by atoms with van der Waals surface area (Å²) >= 11 is 0. The third-order valence-electron chi connectivity index (χ3n) is 3.15. The highest BCUT2D eigenvalue weighted by Crippen LogP contribution is 2.22. The van der Waals surface area contributed by atoms with E-state index in [1.165, 1.54) is 13.5 Å². The van der Waals surface area contributed by atoms with E-state index in [2.05, 4.69) is 18.7 Å². The van der Waals surface area contributed by atoms with E-state index >= 15 is 0 Å². The highest BCUT2D eigenvalue weighted by molar-refractivity contribution is 5.80. The minimum absolute atomic E-state index is 0.335. The van der Waals surface area contributed by atoms with Crippen LogP contribution in [0.2, 0.25) is 0 Å². The van der Waals surface area contributed by atoms with E-state index in [1.807, 2.05) is 0 Å². The second-order valence-corrected chi connectivity index (χ2v) is 5.55. The minimum Gasteiger partial charge on any atom is -0.468 e. The minimum atomic E-state index is -0.897. The summed E-state index contributed by atoms with van der Waals surface area (Å²) in [5, 5.41) is 0. The van der Waals surface area contributed by atoms with Gasteiger partial charge in [-0.25, -0.2) is 0 Å². The smallest absolute Gasteiger partial charge is 0.326 e. The van der Waals surface area contributed by atoms with Crippen LogP contribution in [-0.4, -0.2) is 43.2 Å². The lowest BCUT2D eigenvalue weighted by atomic mass is 9.90. The third kappa shape index (κ3) is 3.46. The Bertz CT molecular complexity index is 243. The molecule has 2 N–H and O–H groups in total. The fourth-order valence-electron chi connectivity index (χ4n) is 2.68. The number of ether oxygens (including phenoxy) is 1. The zero-order chi connectivity index (χ0) is 12.3. The van der Waals surface area contributed by atoms with E-state index in [1.54, 1.807) is 6.92 Å². The summed E-state index contributed by atoms with van der Waals surface area (Å²) in [5.74, 6) is 1.02. The summed E-state index contributed by atoms with van der Waals surface area (Å²) in [7, 11) is 1.38. The molecule has 1 heterocycles. The zero-order valence-corrected chi connectivity index (χ0v) is 10.8. The van der Waals surface area contributed by atoms with Crippen LogP contribution in [0.1, 0.15) is 27.2 Å². The maximum Gasteiger partial charge on any atom is 0.326 e. The highest BCUT2D eigenvalue weighted by Gasteiger charge is 2.34. The van der Waals surface area contributed by atoms with Gasteiger partial charge in [0.15, 0.2) is 0 Å². The van der Waals surface area contributed by atoms with E-state index < -0.39 is 5.54 Å². The highest BCUT2D eigenvalue weighted by atomic mass is 16.5. The van der Waals surface area contributed by atoms with Gasteiger partial charge in [0.1, 0.15) is 5.54 Å². The van der Waals surface area contributed by atoms with Crippen molar-refractivity contribution in [1.82, 2.24) is 4.90 Å². The number of hydrogen-bond donors (Lipinski definition) is 1. The summed E-state index contributed by atoms with van der Waals surface area (Å²) in [6.07, 6.45) is 1.26. The van der Waals surface area contributed by atoms with Gasteiger partial charge in [0, 0.05) is 19.6 Å². The molecule has 1 fully saturated rings. The Morgan fingerprint density at radius 1 is 1.44 bits per heavy atom. The lowest BCUT2D eigenvalue weighted by molar-refractivity contribution is -0.147. The molecule has 0 aromatic heterocycles. The first kappa shape index (κ1) is 13.5. The monoisotopic (exact) mass is 228 g/mol. The van der Waals surface area contributed by atoms with Crippen molar-refractivity contribution >= 4 is 5.97 Å². The molecule has 0 aliphatic carbocycles. The zero-order valence-electron chi connectivity index (χ0n) is 10.8. The molecule has 0 radical (unpaired) electrons. The van der Waals surface area contributed by atoms with Gasteiger partial charge >= 0.3 is 5.97 Å². The van der Waals surface area contributed by atoms with E-state index in [-0.39, 0.29) is 5.97 Å². The van der Waals surface area contributed by atoms with E-state index in [9.17, 15) is 4.79 Å². The van der Waals surface area contributed by atoms with Crippen molar-refractivity contribution in [3.05, 3.63) is 0 Å². The first-order chi connectivity index (χ1) is 7.35. The fraction of sp³-hybridized carbons (Fsp3) is 0.917. The number of rotatable bonds is 3. The first-order valence-electron chi connectivity index (χ1n) is 5.95. The average molecular weight is 228 g/mol. The van der Waals surface area contributed by atoms with Gasteiger partial charge in [-0.3, -0.25) is 4.79 Å². The van der Waals surface area contributed by atoms with E-state index in [4.69, 9.17) is 10.5 Å². The van der Waals surface area contributed by atoms with Crippen LogP contribution in [0.25, 0.3) is 0 Å². The molecule has 0 bridgehead atoms. The van der Waals surface area contributed by atoms with Crippen molar-refractivity contribution < 1.29 is 9.53 Å². The summed E-state index contributed by atoms with van der Waals surface area (Å²) < 4.78 is 4.72. The maximum atomic E-state index is 11.5. The van der Waals surface area contributed by atoms with Gasteiger partial charge in [-0.2, -0.15) is 0 Å². The van der Waals surface area contributed by atoms with Crippen molar-refractivity contribution in [3.8, 4) is 0 Å². The van der Waals surface area contributed by atoms with Gasteiger partial charge in [-0.1, -0.05) is 13.8 Å². The molecule has 3 atom stereocenters. The number of hydrogen-bond acceptors (Lipinski definition) is 4. The van der Waals surface area contributed by atoms with Crippen LogP contribution in [0.4, 0.5) is 0 Å². The molecule has 1 saturated heterocycles. The molecular formula is C12H24N2O2. The van der Waals surface area contributed by atoms with Crippen LogP contribution >= 0.6 is 0 Å². The molecule has 3 unspecified atom stereocenters. The average Bonchev–Trinajstić information content (AvgIpc) is 2.13. The molecule has 0 aromatic rings. The Morgan fingerprint density at radius 3 is 2.38 bits per heavy atom. The molecule has 0 spiro atoms. The second-order valence-electron chi connectivity index (χ2n) is 5.55. The number of carbonyl (C=O) groups excluding carboxylic acids is 1. The SMILES string of the molecule is COC(=O)C(C)(N)CN1CC(C)CC(C)C1. The van der Waals surface area contributed by atoms with Crippen LogP contribution < -0.4 is 5.73 Å². The maximum absolute atomic E-state index is 11.5. The first-order valence-corrected chi connectivity index (χ1v) is 5.95. The van der Waals surface area contributed by atoms with Crippen molar-refractivity contribution in [2.45, 2.75) is 32.7 Å². The van der Waals surface area contributed by atoms with Crippen LogP contribution in [-0.2, 0) is 9.53 Å². The Kier molecular flexibility index (Phi) is 4.33. The van der Waals surface area contributed by atoms with Crippen molar-refractivity contribution in [2.24, 2.45) is 17.6 Å². The van der Waals surface area contributed by atoms with Gasteiger partial charge in [0.05, 0.1) is 7.11 Å². The molecule has 16 heavy (non-hydrogen) atoms. The fourth-order valence-corrected chi connectivity index (χ4v) is 2.68. The van der Waals surface area contributed by atoms with Gasteiger partial charge < -0.3 is 15.4 Å². The number of likely N-dealkylation sites (tertiary alicyclic amines) is 1. The summed E-state index contributed by atoms with van der Waals surface area (Å²) in [5.41, 5.74) is 5.08. The Balaban J connectivity index is 2.56. The number of nitrogens with zero attached hydrogens (tertiary/aromatic N) is 1. The lowest BCUT2D eigenvalue weighted by Gasteiger charge is -2.38. The molecule has 4 nitrogen and oxygen atoms in total. The van der Waals surface area contributed by atoms with Crippen LogP contribution in [0.15, 0.2) is 0 Å². The predicted molar refractivity (Wildman–Crippen MR) is 64.0 cm³/mol. The van der Waals surface area contributed by atoms with Gasteiger partial charge in [0.25, 0.3) is 0 Å². The lowest BCUT2D eigenvalue weighted by Crippen LogP contribution is -2.56. The number of methoxy groups -OCH3 is 1. The topological polar surface area (TPSA) is 55.6 Å². The van der Waals surface area contributed by atoms with Crippen molar-refractivity contribution in [3.63, 3.8) is 0 Å². The normalized spacial score (nSPS) is 30.8. The molecule has 1 rings (SSSR count). The quantitative estimate of drug-likeness (QED) is 0.728. The molecule has 94 valence electrons. The number of nitrogens with two attached hydrogens (primary N) is 1. The number of esters is 1. The standard InChI is InChI=1S/C12H24N2O2/c1-9-5-10(2)7-14(6-9)8-12(3,13)11(15)16-4/h9-10H,5-8,13H2,1-4H3. The summed E-state index contributed by atoms with van der Waals surface area (Å²) in [4.78, 5) is 13.8. The largest absolute Gasteiger partial charge is 0.468 e. The summed E-state index contributed by atoms with van der Waals surface area (Å²) in [6.45, 7) is 8.85. The number of piperidine rings is 1. The molecule has 1 aliphatic heterocycles.